The van der Waals surface area contributed by atoms with E-state index in [1.54, 1.807) is 30.3 Å². The molecule has 0 radical (unpaired) electrons. The number of unbranched alkanes of at least 4 members (excludes halogenated alkanes) is 3. The molecule has 0 bridgehead atoms. The van der Waals surface area contributed by atoms with Crippen LogP contribution in [-0.4, -0.2) is 30.1 Å². The lowest BCUT2D eigenvalue weighted by molar-refractivity contribution is 0.0497. The van der Waals surface area contributed by atoms with E-state index in [9.17, 15) is 9.59 Å². The predicted octanol–water partition coefficient (Wildman–Crippen LogP) is 4.29. The van der Waals surface area contributed by atoms with Gasteiger partial charge in [-0.3, -0.25) is 4.79 Å². The Morgan fingerprint density at radius 2 is 1.50 bits per heavy atom. The van der Waals surface area contributed by atoms with Crippen molar-refractivity contribution in [1.82, 2.24) is 0 Å². The van der Waals surface area contributed by atoms with Crippen molar-refractivity contribution in [2.24, 2.45) is 0 Å². The Labute approximate surface area is 154 Å². The molecule has 0 saturated heterocycles. The molecular formula is C22H24O4. The van der Waals surface area contributed by atoms with Crippen LogP contribution in [0, 0.1) is 0 Å². The van der Waals surface area contributed by atoms with E-state index in [0.717, 1.165) is 31.2 Å². The normalized spacial score (nSPS) is 10.8. The maximum Gasteiger partial charge on any atom is 0.338 e. The number of aliphatic hydroxyl groups is 1. The summed E-state index contributed by atoms with van der Waals surface area (Å²) >= 11 is 0. The van der Waals surface area contributed by atoms with E-state index in [0.29, 0.717) is 17.7 Å². The number of ether oxygens (including phenoxy) is 1. The first kappa shape index (κ1) is 19.6. The van der Waals surface area contributed by atoms with Gasteiger partial charge in [-0.1, -0.05) is 55.0 Å². The molecule has 0 aliphatic rings. The fourth-order valence-corrected chi connectivity index (χ4v) is 2.42. The number of ketones is 1. The highest BCUT2D eigenvalue weighted by molar-refractivity contribution is 6.07. The number of benzene rings is 2. The zero-order chi connectivity index (χ0) is 18.6. The molecule has 0 saturated carbocycles. The number of carbonyl (C=O) groups excluding carboxylic acids is 2. The summed E-state index contributed by atoms with van der Waals surface area (Å²) < 4.78 is 5.21. The molecule has 0 amide bonds. The molecule has 0 aliphatic carbocycles. The van der Waals surface area contributed by atoms with E-state index in [-0.39, 0.29) is 18.4 Å². The van der Waals surface area contributed by atoms with Gasteiger partial charge in [0.05, 0.1) is 12.2 Å². The third-order valence-corrected chi connectivity index (χ3v) is 3.92. The second-order valence-corrected chi connectivity index (χ2v) is 5.96. The largest absolute Gasteiger partial charge is 0.462 e. The highest BCUT2D eigenvalue weighted by Gasteiger charge is 2.08. The number of hydrogen-bond acceptors (Lipinski definition) is 4. The molecule has 0 spiro atoms. The van der Waals surface area contributed by atoms with E-state index in [4.69, 9.17) is 9.84 Å². The van der Waals surface area contributed by atoms with E-state index in [2.05, 4.69) is 0 Å². The molecule has 4 nitrogen and oxygen atoms in total. The Morgan fingerprint density at radius 1 is 0.846 bits per heavy atom. The number of hydrogen-bond donors (Lipinski definition) is 1. The van der Waals surface area contributed by atoms with Crippen molar-refractivity contribution >= 4 is 17.8 Å². The van der Waals surface area contributed by atoms with Crippen LogP contribution in [0.5, 0.6) is 0 Å². The summed E-state index contributed by atoms with van der Waals surface area (Å²) in [4.78, 5) is 24.1. The van der Waals surface area contributed by atoms with Crippen molar-refractivity contribution in [3.63, 3.8) is 0 Å². The average molecular weight is 352 g/mol. The van der Waals surface area contributed by atoms with Crippen LogP contribution >= 0.6 is 0 Å². The number of aliphatic hydroxyl groups excluding tert-OH is 1. The van der Waals surface area contributed by atoms with Crippen LogP contribution in [0.3, 0.4) is 0 Å². The lowest BCUT2D eigenvalue weighted by atomic mass is 10.1. The molecule has 0 atom stereocenters. The van der Waals surface area contributed by atoms with Crippen LogP contribution in [0.4, 0.5) is 0 Å². The zero-order valence-corrected chi connectivity index (χ0v) is 14.8. The molecule has 26 heavy (non-hydrogen) atoms. The fourth-order valence-electron chi connectivity index (χ4n) is 2.42. The second kappa shape index (κ2) is 11.0. The fraction of sp³-hybridized carbons (Fsp3) is 0.273. The van der Waals surface area contributed by atoms with Gasteiger partial charge in [-0.05, 0) is 43.0 Å². The van der Waals surface area contributed by atoms with Crippen molar-refractivity contribution in [1.29, 1.82) is 0 Å². The third-order valence-electron chi connectivity index (χ3n) is 3.92. The summed E-state index contributed by atoms with van der Waals surface area (Å²) in [5, 5.41) is 8.70. The van der Waals surface area contributed by atoms with Crippen molar-refractivity contribution < 1.29 is 19.4 Å². The molecule has 2 aromatic carbocycles. The van der Waals surface area contributed by atoms with Crippen LogP contribution in [0.25, 0.3) is 6.08 Å². The second-order valence-electron chi connectivity index (χ2n) is 5.96. The van der Waals surface area contributed by atoms with Crippen LogP contribution in [0.2, 0.25) is 0 Å². The summed E-state index contributed by atoms with van der Waals surface area (Å²) in [6, 6.07) is 16.1. The van der Waals surface area contributed by atoms with Crippen molar-refractivity contribution in [3.05, 3.63) is 77.4 Å². The predicted molar refractivity (Wildman–Crippen MR) is 102 cm³/mol. The lowest BCUT2D eigenvalue weighted by Gasteiger charge is -2.05. The van der Waals surface area contributed by atoms with E-state index < -0.39 is 0 Å². The molecule has 0 unspecified atom stereocenters. The van der Waals surface area contributed by atoms with Gasteiger partial charge in [-0.2, -0.15) is 0 Å². The quantitative estimate of drug-likeness (QED) is 0.300. The number of carbonyl (C=O) groups is 2. The third kappa shape index (κ3) is 6.65. The first-order chi connectivity index (χ1) is 12.7. The SMILES string of the molecule is O=C(/C=C/c1ccccc1)c1ccc(C(=O)OCCCCCCO)cc1. The maximum atomic E-state index is 12.2. The van der Waals surface area contributed by atoms with E-state index >= 15 is 0 Å². The summed E-state index contributed by atoms with van der Waals surface area (Å²) in [6.45, 7) is 0.566. The van der Waals surface area contributed by atoms with Gasteiger partial charge in [0.2, 0.25) is 0 Å². The van der Waals surface area contributed by atoms with Gasteiger partial charge in [0, 0.05) is 12.2 Å². The number of rotatable bonds is 10. The first-order valence-electron chi connectivity index (χ1n) is 8.86. The Morgan fingerprint density at radius 3 is 2.19 bits per heavy atom. The maximum absolute atomic E-state index is 12.2. The molecule has 2 rings (SSSR count). The van der Waals surface area contributed by atoms with Crippen LogP contribution < -0.4 is 0 Å². The van der Waals surface area contributed by atoms with E-state index in [1.807, 2.05) is 30.3 Å². The highest BCUT2D eigenvalue weighted by Crippen LogP contribution is 2.10. The molecule has 2 aromatic rings. The molecule has 0 fully saturated rings. The Kier molecular flexibility index (Phi) is 8.30. The Bertz CT molecular complexity index is 718. The van der Waals surface area contributed by atoms with Crippen molar-refractivity contribution in [3.8, 4) is 0 Å². The average Bonchev–Trinajstić information content (AvgIpc) is 2.69. The van der Waals surface area contributed by atoms with Gasteiger partial charge in [0.15, 0.2) is 5.78 Å². The number of allylic oxidation sites excluding steroid dienone is 1. The van der Waals surface area contributed by atoms with Gasteiger partial charge in [-0.25, -0.2) is 4.79 Å². The number of esters is 1. The van der Waals surface area contributed by atoms with Gasteiger partial charge >= 0.3 is 5.97 Å². The standard InChI is InChI=1S/C22H24O4/c23-16-6-1-2-7-17-26-22(25)20-13-11-19(12-14-20)21(24)15-10-18-8-4-3-5-9-18/h3-5,8-15,23H,1-2,6-7,16-17H2/b15-10+. The topological polar surface area (TPSA) is 63.6 Å². The van der Waals surface area contributed by atoms with Gasteiger partial charge < -0.3 is 9.84 Å². The van der Waals surface area contributed by atoms with Crippen molar-refractivity contribution in [2.75, 3.05) is 13.2 Å². The van der Waals surface area contributed by atoms with Crippen LogP contribution in [0.15, 0.2) is 60.7 Å². The summed E-state index contributed by atoms with van der Waals surface area (Å²) in [5.41, 5.74) is 1.92. The monoisotopic (exact) mass is 352 g/mol. The Balaban J connectivity index is 1.82. The minimum Gasteiger partial charge on any atom is -0.462 e. The summed E-state index contributed by atoms with van der Waals surface area (Å²) in [5.74, 6) is -0.497. The summed E-state index contributed by atoms with van der Waals surface area (Å²) in [6.07, 6.45) is 6.71. The minimum atomic E-state index is -0.383. The molecule has 0 aliphatic heterocycles. The van der Waals surface area contributed by atoms with Gasteiger partial charge in [0.25, 0.3) is 0 Å². The lowest BCUT2D eigenvalue weighted by Crippen LogP contribution is -2.07. The molecule has 1 N–H and O–H groups in total. The molecule has 0 heterocycles. The first-order valence-corrected chi connectivity index (χ1v) is 8.86. The van der Waals surface area contributed by atoms with Crippen LogP contribution in [-0.2, 0) is 4.74 Å². The van der Waals surface area contributed by atoms with Gasteiger partial charge in [-0.15, -0.1) is 0 Å². The summed E-state index contributed by atoms with van der Waals surface area (Å²) in [7, 11) is 0. The smallest absolute Gasteiger partial charge is 0.338 e. The van der Waals surface area contributed by atoms with Crippen molar-refractivity contribution in [2.45, 2.75) is 25.7 Å². The molecule has 4 heteroatoms. The van der Waals surface area contributed by atoms with Crippen LogP contribution in [0.1, 0.15) is 52.0 Å². The van der Waals surface area contributed by atoms with E-state index in [1.165, 1.54) is 6.08 Å². The van der Waals surface area contributed by atoms with Gasteiger partial charge in [0.1, 0.15) is 0 Å². The molecular weight excluding hydrogens is 328 g/mol. The molecule has 136 valence electrons. The highest BCUT2D eigenvalue weighted by atomic mass is 16.5. The Hall–Kier alpha value is -2.72. The molecule has 0 aromatic heterocycles. The minimum absolute atomic E-state index is 0.113. The zero-order valence-electron chi connectivity index (χ0n) is 14.8.